The highest BCUT2D eigenvalue weighted by Crippen LogP contribution is 2.32. The first-order valence-corrected chi connectivity index (χ1v) is 10.2. The second-order valence-electron chi connectivity index (χ2n) is 5.31. The van der Waals surface area contributed by atoms with E-state index in [-0.39, 0.29) is 18.2 Å². The van der Waals surface area contributed by atoms with Gasteiger partial charge >= 0.3 is 0 Å². The predicted octanol–water partition coefficient (Wildman–Crippen LogP) is 4.05. The highest BCUT2D eigenvalue weighted by molar-refractivity contribution is 9.10. The number of halogens is 1. The van der Waals surface area contributed by atoms with Crippen LogP contribution >= 0.6 is 39.0 Å². The standard InChI is InChI=1S/C17H15BrN4O2S2/c1-2-8-22-15(24)13(26-17(22)21-16-19-7-9-25-16)10-14(23)20-12-5-3-11(18)4-6-12/h2-7,9,13H,1,8,10H2,(H,20,23)/t13-/m1/s1. The molecule has 0 radical (unpaired) electrons. The van der Waals surface area contributed by atoms with E-state index in [2.05, 4.69) is 37.8 Å². The van der Waals surface area contributed by atoms with Gasteiger partial charge in [-0.1, -0.05) is 33.8 Å². The molecule has 6 nitrogen and oxygen atoms in total. The lowest BCUT2D eigenvalue weighted by atomic mass is 10.2. The molecule has 1 atom stereocenters. The maximum atomic E-state index is 12.6. The van der Waals surface area contributed by atoms with Crippen LogP contribution in [0.4, 0.5) is 10.8 Å². The number of nitrogens with zero attached hydrogens (tertiary/aromatic N) is 3. The van der Waals surface area contributed by atoms with Crippen LogP contribution in [0.15, 0.2) is 58.0 Å². The smallest absolute Gasteiger partial charge is 0.242 e. The Hall–Kier alpha value is -1.97. The molecule has 1 aliphatic heterocycles. The lowest BCUT2D eigenvalue weighted by Crippen LogP contribution is -2.33. The number of benzene rings is 1. The molecule has 1 aromatic carbocycles. The Labute approximate surface area is 167 Å². The zero-order valence-electron chi connectivity index (χ0n) is 13.6. The van der Waals surface area contributed by atoms with Crippen LogP contribution in [-0.4, -0.2) is 38.7 Å². The first kappa shape index (κ1) is 18.8. The summed E-state index contributed by atoms with van der Waals surface area (Å²) in [6.45, 7) is 4.03. The quantitative estimate of drug-likeness (QED) is 0.673. The Morgan fingerprint density at radius 3 is 2.85 bits per heavy atom. The van der Waals surface area contributed by atoms with Gasteiger partial charge in [0.15, 0.2) is 5.17 Å². The second-order valence-corrected chi connectivity index (χ2v) is 8.27. The Balaban J connectivity index is 1.69. The zero-order chi connectivity index (χ0) is 18.5. The molecule has 1 aliphatic rings. The molecule has 9 heteroatoms. The first-order chi connectivity index (χ1) is 12.6. The number of amidine groups is 1. The summed E-state index contributed by atoms with van der Waals surface area (Å²) in [5.41, 5.74) is 0.688. The van der Waals surface area contributed by atoms with Crippen LogP contribution in [0, 0.1) is 0 Å². The van der Waals surface area contributed by atoms with Crippen molar-refractivity contribution in [3.05, 3.63) is 53.0 Å². The van der Waals surface area contributed by atoms with Crippen molar-refractivity contribution >= 4 is 66.8 Å². The van der Waals surface area contributed by atoms with E-state index in [0.717, 1.165) is 4.47 Å². The van der Waals surface area contributed by atoms with Gasteiger partial charge in [-0.15, -0.1) is 17.9 Å². The topological polar surface area (TPSA) is 74.7 Å². The lowest BCUT2D eigenvalue weighted by molar-refractivity contribution is -0.127. The number of amides is 2. The number of aliphatic imine (C=N–C) groups is 1. The monoisotopic (exact) mass is 450 g/mol. The normalized spacial score (nSPS) is 18.3. The second kappa shape index (κ2) is 8.61. The highest BCUT2D eigenvalue weighted by atomic mass is 79.9. The van der Waals surface area contributed by atoms with Gasteiger partial charge < -0.3 is 5.32 Å². The molecule has 2 heterocycles. The molecule has 2 aromatic rings. The minimum atomic E-state index is -0.510. The molecule has 0 unspecified atom stereocenters. The van der Waals surface area contributed by atoms with Gasteiger partial charge in [-0.25, -0.2) is 4.98 Å². The third-order valence-corrected chi connectivity index (χ3v) is 5.81. The summed E-state index contributed by atoms with van der Waals surface area (Å²) < 4.78 is 0.931. The van der Waals surface area contributed by atoms with Crippen LogP contribution in [0.3, 0.4) is 0 Å². The molecule has 134 valence electrons. The third kappa shape index (κ3) is 4.60. The summed E-state index contributed by atoms with van der Waals surface area (Å²) in [5.74, 6) is -0.358. The van der Waals surface area contributed by atoms with Crippen molar-refractivity contribution in [3.63, 3.8) is 0 Å². The summed E-state index contributed by atoms with van der Waals surface area (Å²) in [6.07, 6.45) is 3.37. The maximum absolute atomic E-state index is 12.6. The summed E-state index contributed by atoms with van der Waals surface area (Å²) >= 11 is 6.02. The van der Waals surface area contributed by atoms with Gasteiger partial charge in [-0.05, 0) is 24.3 Å². The average Bonchev–Trinajstić information content (AvgIpc) is 3.22. The van der Waals surface area contributed by atoms with Crippen LogP contribution in [0.1, 0.15) is 6.42 Å². The zero-order valence-corrected chi connectivity index (χ0v) is 16.8. The van der Waals surface area contributed by atoms with E-state index in [4.69, 9.17) is 0 Å². The summed E-state index contributed by atoms with van der Waals surface area (Å²) in [6, 6.07) is 7.28. The van der Waals surface area contributed by atoms with Crippen molar-refractivity contribution in [2.24, 2.45) is 4.99 Å². The largest absolute Gasteiger partial charge is 0.326 e. The van der Waals surface area contributed by atoms with E-state index >= 15 is 0 Å². The van der Waals surface area contributed by atoms with Crippen molar-refractivity contribution in [2.45, 2.75) is 11.7 Å². The van der Waals surface area contributed by atoms with E-state index in [1.54, 1.807) is 24.4 Å². The highest BCUT2D eigenvalue weighted by Gasteiger charge is 2.38. The van der Waals surface area contributed by atoms with Crippen molar-refractivity contribution < 1.29 is 9.59 Å². The molecule has 0 spiro atoms. The van der Waals surface area contributed by atoms with Crippen molar-refractivity contribution in [3.8, 4) is 0 Å². The molecular weight excluding hydrogens is 436 g/mol. The Kier molecular flexibility index (Phi) is 6.23. The number of carbonyl (C=O) groups is 2. The minimum Gasteiger partial charge on any atom is -0.326 e. The number of hydrogen-bond acceptors (Lipinski definition) is 6. The molecule has 0 bridgehead atoms. The number of thiazole rings is 1. The van der Waals surface area contributed by atoms with Gasteiger partial charge in [0, 0.05) is 34.7 Å². The van der Waals surface area contributed by atoms with E-state index in [1.165, 1.54) is 28.0 Å². The van der Waals surface area contributed by atoms with Crippen LogP contribution < -0.4 is 5.32 Å². The Bertz CT molecular complexity index is 837. The fourth-order valence-corrected chi connectivity index (χ4v) is 4.26. The van der Waals surface area contributed by atoms with E-state index in [0.29, 0.717) is 22.5 Å². The third-order valence-electron chi connectivity index (χ3n) is 3.44. The van der Waals surface area contributed by atoms with Gasteiger partial charge in [0.05, 0.1) is 0 Å². The average molecular weight is 451 g/mol. The fourth-order valence-electron chi connectivity index (χ4n) is 2.29. The first-order valence-electron chi connectivity index (χ1n) is 7.69. The Morgan fingerprint density at radius 1 is 1.42 bits per heavy atom. The molecule has 3 rings (SSSR count). The summed E-state index contributed by atoms with van der Waals surface area (Å²) in [7, 11) is 0. The lowest BCUT2D eigenvalue weighted by Gasteiger charge is -2.13. The molecule has 1 fully saturated rings. The van der Waals surface area contributed by atoms with Gasteiger partial charge in [-0.2, -0.15) is 4.99 Å². The number of anilines is 1. The van der Waals surface area contributed by atoms with Gasteiger partial charge in [0.1, 0.15) is 5.25 Å². The van der Waals surface area contributed by atoms with E-state index in [1.807, 2.05) is 17.5 Å². The molecule has 1 saturated heterocycles. The fraction of sp³-hybridized carbons (Fsp3) is 0.176. The molecule has 1 aromatic heterocycles. The predicted molar refractivity (Wildman–Crippen MR) is 110 cm³/mol. The van der Waals surface area contributed by atoms with Crippen molar-refractivity contribution in [1.29, 1.82) is 0 Å². The number of hydrogen-bond donors (Lipinski definition) is 1. The number of carbonyl (C=O) groups excluding carboxylic acids is 2. The Morgan fingerprint density at radius 2 is 2.19 bits per heavy atom. The van der Waals surface area contributed by atoms with E-state index < -0.39 is 5.25 Å². The summed E-state index contributed by atoms with van der Waals surface area (Å²) in [5, 5.41) is 5.25. The van der Waals surface area contributed by atoms with Crippen LogP contribution in [0.2, 0.25) is 0 Å². The number of rotatable bonds is 6. The molecule has 2 amide bonds. The van der Waals surface area contributed by atoms with Crippen LogP contribution in [0.5, 0.6) is 0 Å². The maximum Gasteiger partial charge on any atom is 0.242 e. The van der Waals surface area contributed by atoms with Crippen molar-refractivity contribution in [1.82, 2.24) is 9.88 Å². The van der Waals surface area contributed by atoms with E-state index in [9.17, 15) is 9.59 Å². The minimum absolute atomic E-state index is 0.0735. The van der Waals surface area contributed by atoms with Gasteiger partial charge in [0.25, 0.3) is 0 Å². The molecule has 0 saturated carbocycles. The van der Waals surface area contributed by atoms with Crippen LogP contribution in [-0.2, 0) is 9.59 Å². The molecule has 0 aliphatic carbocycles. The SMILES string of the molecule is C=CCN1C(=O)[C@@H](CC(=O)Nc2ccc(Br)cc2)SC1=Nc1nccs1. The van der Waals surface area contributed by atoms with Crippen molar-refractivity contribution in [2.75, 3.05) is 11.9 Å². The van der Waals surface area contributed by atoms with Crippen LogP contribution in [0.25, 0.3) is 0 Å². The number of aromatic nitrogens is 1. The summed E-state index contributed by atoms with van der Waals surface area (Å²) in [4.78, 5) is 35.0. The molecule has 26 heavy (non-hydrogen) atoms. The number of thioether (sulfide) groups is 1. The number of nitrogens with one attached hydrogen (secondary N) is 1. The van der Waals surface area contributed by atoms with Gasteiger partial charge in [0.2, 0.25) is 16.9 Å². The molecular formula is C17H15BrN4O2S2. The molecule has 1 N–H and O–H groups in total. The van der Waals surface area contributed by atoms with Gasteiger partial charge in [-0.3, -0.25) is 14.5 Å².